The van der Waals surface area contributed by atoms with Gasteiger partial charge in [-0.2, -0.15) is 0 Å². The highest BCUT2D eigenvalue weighted by Gasteiger charge is 2.67. The lowest BCUT2D eigenvalue weighted by molar-refractivity contribution is -0.190. The molecule has 1 saturated carbocycles. The Morgan fingerprint density at radius 3 is 2.50 bits per heavy atom. The van der Waals surface area contributed by atoms with Gasteiger partial charge in [0.1, 0.15) is 6.10 Å². The zero-order valence-electron chi connectivity index (χ0n) is 15.1. The van der Waals surface area contributed by atoms with E-state index in [4.69, 9.17) is 14.2 Å². The van der Waals surface area contributed by atoms with Gasteiger partial charge in [0, 0.05) is 6.42 Å². The highest BCUT2D eigenvalue weighted by molar-refractivity contribution is 7.92. The number of hydrogen-bond donors (Lipinski definition) is 0. The summed E-state index contributed by atoms with van der Waals surface area (Å²) in [6.07, 6.45) is 4.89. The van der Waals surface area contributed by atoms with E-state index in [-0.39, 0.29) is 5.60 Å². The standard InChI is InChI=1S/C20H26O5S/c1-14-4-7-16(8-5-14)26(21,22)17-9-6-15-3-2-10-19(15)13-20(18(17)25-19)23-11-12-24-20/h4-5,7-8,15,17-18H,2-3,6,9-13H2,1H3/t15-,17+,18+,19+/m1/s1. The lowest BCUT2D eigenvalue weighted by Crippen LogP contribution is -2.50. The molecule has 2 spiro atoms. The van der Waals surface area contributed by atoms with Gasteiger partial charge in [0.25, 0.3) is 0 Å². The van der Waals surface area contributed by atoms with Gasteiger partial charge in [-0.3, -0.25) is 0 Å². The van der Waals surface area contributed by atoms with Crippen LogP contribution in [0.1, 0.15) is 44.1 Å². The molecule has 3 aliphatic heterocycles. The van der Waals surface area contributed by atoms with Crippen LogP contribution in [0, 0.1) is 12.8 Å². The highest BCUT2D eigenvalue weighted by atomic mass is 32.2. The summed E-state index contributed by atoms with van der Waals surface area (Å²) in [5.41, 5.74) is 0.793. The predicted molar refractivity (Wildman–Crippen MR) is 95.6 cm³/mol. The lowest BCUT2D eigenvalue weighted by atomic mass is 9.80. The molecule has 0 radical (unpaired) electrons. The molecule has 4 aliphatic rings. The van der Waals surface area contributed by atoms with E-state index in [1.807, 2.05) is 19.1 Å². The molecular formula is C20H26O5S. The van der Waals surface area contributed by atoms with Crippen molar-refractivity contribution in [2.75, 3.05) is 13.2 Å². The quantitative estimate of drug-likeness (QED) is 0.792. The van der Waals surface area contributed by atoms with Crippen LogP contribution in [0.5, 0.6) is 0 Å². The van der Waals surface area contributed by atoms with E-state index in [1.165, 1.54) is 0 Å². The fourth-order valence-corrected chi connectivity index (χ4v) is 7.55. The SMILES string of the molecule is Cc1ccc(S(=O)(=O)[C@H]2CC[C@H]3CCC[C@]34CC3(OCCO3)[C@H]2O4)cc1. The molecule has 1 aromatic carbocycles. The molecule has 0 amide bonds. The Hall–Kier alpha value is -0.950. The summed E-state index contributed by atoms with van der Waals surface area (Å²) < 4.78 is 45.7. The number of sulfone groups is 1. The van der Waals surface area contributed by atoms with E-state index in [1.54, 1.807) is 12.1 Å². The number of rotatable bonds is 2. The van der Waals surface area contributed by atoms with E-state index in [0.717, 1.165) is 31.2 Å². The first kappa shape index (κ1) is 17.2. The van der Waals surface area contributed by atoms with Crippen molar-refractivity contribution in [3.63, 3.8) is 0 Å². The Bertz CT molecular complexity index is 796. The smallest absolute Gasteiger partial charge is 0.198 e. The first-order valence-electron chi connectivity index (χ1n) is 9.72. The maximum atomic E-state index is 13.5. The van der Waals surface area contributed by atoms with E-state index in [2.05, 4.69) is 0 Å². The van der Waals surface area contributed by atoms with Crippen LogP contribution in [-0.4, -0.2) is 44.4 Å². The van der Waals surface area contributed by atoms with Gasteiger partial charge >= 0.3 is 0 Å². The summed E-state index contributed by atoms with van der Waals surface area (Å²) in [6.45, 7) is 2.98. The van der Waals surface area contributed by atoms with Gasteiger partial charge in [0.05, 0.1) is 29.0 Å². The van der Waals surface area contributed by atoms with Crippen molar-refractivity contribution in [2.24, 2.45) is 5.92 Å². The fourth-order valence-electron chi connectivity index (χ4n) is 5.65. The van der Waals surface area contributed by atoms with E-state index in [0.29, 0.717) is 36.9 Å². The fraction of sp³-hybridized carbons (Fsp3) is 0.700. The van der Waals surface area contributed by atoms with E-state index < -0.39 is 27.0 Å². The summed E-state index contributed by atoms with van der Waals surface area (Å²) in [5.74, 6) is -0.471. The van der Waals surface area contributed by atoms with Gasteiger partial charge in [-0.15, -0.1) is 0 Å². The van der Waals surface area contributed by atoms with Crippen LogP contribution < -0.4 is 0 Å². The summed E-state index contributed by atoms with van der Waals surface area (Å²) in [6, 6.07) is 7.13. The molecule has 3 saturated heterocycles. The van der Waals surface area contributed by atoms with Crippen molar-refractivity contribution >= 4 is 9.84 Å². The molecule has 3 heterocycles. The largest absolute Gasteiger partial charge is 0.364 e. The third kappa shape index (κ3) is 2.35. The summed E-state index contributed by atoms with van der Waals surface area (Å²) >= 11 is 0. The molecule has 4 fully saturated rings. The van der Waals surface area contributed by atoms with Crippen LogP contribution in [0.15, 0.2) is 29.2 Å². The number of fused-ring (bicyclic) bond motifs is 2. The third-order valence-corrected chi connectivity index (χ3v) is 9.11. The number of hydrogen-bond acceptors (Lipinski definition) is 5. The molecule has 0 unspecified atom stereocenters. The summed E-state index contributed by atoms with van der Waals surface area (Å²) in [7, 11) is -3.52. The molecule has 0 N–H and O–H groups in total. The summed E-state index contributed by atoms with van der Waals surface area (Å²) in [4.78, 5) is 0.373. The van der Waals surface area contributed by atoms with Crippen LogP contribution in [-0.2, 0) is 24.0 Å². The van der Waals surface area contributed by atoms with Crippen LogP contribution in [0.2, 0.25) is 0 Å². The third-order valence-electron chi connectivity index (χ3n) is 6.90. The Balaban J connectivity index is 1.57. The topological polar surface area (TPSA) is 61.8 Å². The van der Waals surface area contributed by atoms with Crippen molar-refractivity contribution in [3.05, 3.63) is 29.8 Å². The highest BCUT2D eigenvalue weighted by Crippen LogP contribution is 2.58. The number of benzene rings is 1. The van der Waals surface area contributed by atoms with Crippen molar-refractivity contribution < 1.29 is 22.6 Å². The zero-order valence-corrected chi connectivity index (χ0v) is 16.0. The first-order chi connectivity index (χ1) is 12.5. The minimum atomic E-state index is -3.52. The Morgan fingerprint density at radius 2 is 1.77 bits per heavy atom. The van der Waals surface area contributed by atoms with E-state index >= 15 is 0 Å². The van der Waals surface area contributed by atoms with Gasteiger partial charge in [-0.1, -0.05) is 24.1 Å². The molecule has 142 valence electrons. The minimum absolute atomic E-state index is 0.257. The van der Waals surface area contributed by atoms with Gasteiger partial charge < -0.3 is 14.2 Å². The molecule has 1 aromatic rings. The maximum Gasteiger partial charge on any atom is 0.198 e. The Labute approximate surface area is 154 Å². The molecule has 26 heavy (non-hydrogen) atoms. The molecular weight excluding hydrogens is 352 g/mol. The van der Waals surface area contributed by atoms with Gasteiger partial charge in [-0.25, -0.2) is 8.42 Å². The Kier molecular flexibility index (Phi) is 3.81. The molecule has 2 bridgehead atoms. The summed E-state index contributed by atoms with van der Waals surface area (Å²) in [5, 5.41) is -0.617. The van der Waals surface area contributed by atoms with Crippen LogP contribution in [0.3, 0.4) is 0 Å². The average molecular weight is 378 g/mol. The monoisotopic (exact) mass is 378 g/mol. The van der Waals surface area contributed by atoms with Crippen LogP contribution >= 0.6 is 0 Å². The second-order valence-electron chi connectivity index (χ2n) is 8.35. The molecule has 6 heteroatoms. The maximum absolute atomic E-state index is 13.5. The first-order valence-corrected chi connectivity index (χ1v) is 11.3. The van der Waals surface area contributed by atoms with E-state index in [9.17, 15) is 8.42 Å². The normalized spacial score (nSPS) is 38.4. The molecule has 5 rings (SSSR count). The average Bonchev–Trinajstić information content (AvgIpc) is 3.28. The Morgan fingerprint density at radius 1 is 1.04 bits per heavy atom. The predicted octanol–water partition coefficient (Wildman–Crippen LogP) is 3.00. The molecule has 4 atom stereocenters. The molecule has 0 aromatic heterocycles. The second kappa shape index (κ2) is 5.77. The van der Waals surface area contributed by atoms with Gasteiger partial charge in [0.2, 0.25) is 0 Å². The molecule has 5 nitrogen and oxygen atoms in total. The zero-order chi connectivity index (χ0) is 18.0. The molecule has 1 aliphatic carbocycles. The lowest BCUT2D eigenvalue weighted by Gasteiger charge is -2.34. The number of ether oxygens (including phenoxy) is 3. The van der Waals surface area contributed by atoms with Crippen molar-refractivity contribution in [1.82, 2.24) is 0 Å². The van der Waals surface area contributed by atoms with Crippen molar-refractivity contribution in [3.8, 4) is 0 Å². The minimum Gasteiger partial charge on any atom is -0.364 e. The van der Waals surface area contributed by atoms with Gasteiger partial charge in [-0.05, 0) is 50.7 Å². The van der Waals surface area contributed by atoms with Crippen LogP contribution in [0.4, 0.5) is 0 Å². The van der Waals surface area contributed by atoms with Crippen molar-refractivity contribution in [2.45, 2.75) is 73.1 Å². The van der Waals surface area contributed by atoms with Crippen LogP contribution in [0.25, 0.3) is 0 Å². The van der Waals surface area contributed by atoms with Gasteiger partial charge in [0.15, 0.2) is 15.6 Å². The number of aryl methyl sites for hydroxylation is 1. The van der Waals surface area contributed by atoms with Crippen molar-refractivity contribution in [1.29, 1.82) is 0 Å². The second-order valence-corrected chi connectivity index (χ2v) is 10.5.